The minimum absolute atomic E-state index is 0.212. The van der Waals surface area contributed by atoms with E-state index in [2.05, 4.69) is 18.1 Å². The van der Waals surface area contributed by atoms with Gasteiger partial charge in [0, 0.05) is 16.2 Å². The lowest BCUT2D eigenvalue weighted by Gasteiger charge is -2.22. The van der Waals surface area contributed by atoms with E-state index in [1.54, 1.807) is 6.20 Å². The summed E-state index contributed by atoms with van der Waals surface area (Å²) in [6.45, 7) is 12.0. The number of nitrogens with zero attached hydrogens (tertiary/aromatic N) is 2. The van der Waals surface area contributed by atoms with Gasteiger partial charge in [-0.1, -0.05) is 6.07 Å². The van der Waals surface area contributed by atoms with Crippen LogP contribution in [0.1, 0.15) is 37.6 Å². The highest BCUT2D eigenvalue weighted by atomic mass is 16.5. The van der Waals surface area contributed by atoms with E-state index in [1.165, 1.54) is 0 Å². The highest BCUT2D eigenvalue weighted by molar-refractivity contribution is 5.72. The van der Waals surface area contributed by atoms with Crippen LogP contribution in [-0.4, -0.2) is 15.9 Å². The van der Waals surface area contributed by atoms with Crippen molar-refractivity contribution >= 4 is 0 Å². The Labute approximate surface area is 126 Å². The van der Waals surface area contributed by atoms with Crippen molar-refractivity contribution in [3.8, 4) is 16.9 Å². The molecule has 0 spiro atoms. The molecule has 0 atom stereocenters. The van der Waals surface area contributed by atoms with Gasteiger partial charge in [0.2, 0.25) is 0 Å². The van der Waals surface area contributed by atoms with Crippen LogP contribution < -0.4 is 9.58 Å². The maximum atomic E-state index is 9.49. The Balaban J connectivity index is 2.47. The first kappa shape index (κ1) is 15.3. The van der Waals surface area contributed by atoms with Gasteiger partial charge in [0.25, 0.3) is 6.20 Å². The Morgan fingerprint density at radius 3 is 2.29 bits per heavy atom. The maximum absolute atomic E-state index is 9.49. The molecule has 1 aromatic carbocycles. The standard InChI is InChI=1S/C17H23N2O2/c1-11-9-14(21-17(4,5)6)7-8-15(11)16-12(2)10-19(20)18-13(16)3/h7-10H,1-6H3,(H,18,20)/q+1. The van der Waals surface area contributed by atoms with Gasteiger partial charge in [0.05, 0.1) is 0 Å². The summed E-state index contributed by atoms with van der Waals surface area (Å²) in [6, 6.07) is 6.07. The Bertz CT molecular complexity index is 650. The first-order chi connectivity index (χ1) is 9.67. The van der Waals surface area contributed by atoms with Gasteiger partial charge in [-0.05, 0) is 64.8 Å². The summed E-state index contributed by atoms with van der Waals surface area (Å²) in [6.07, 6.45) is 1.61. The molecule has 0 aliphatic heterocycles. The molecule has 0 amide bonds. The third-order valence-corrected chi connectivity index (χ3v) is 3.21. The van der Waals surface area contributed by atoms with Gasteiger partial charge in [0.15, 0.2) is 0 Å². The molecule has 4 heteroatoms. The average Bonchev–Trinajstić information content (AvgIpc) is 2.28. The van der Waals surface area contributed by atoms with Crippen LogP contribution in [0.4, 0.5) is 0 Å². The number of ether oxygens (including phenoxy) is 1. The highest BCUT2D eigenvalue weighted by Crippen LogP contribution is 2.31. The lowest BCUT2D eigenvalue weighted by molar-refractivity contribution is -0.949. The molecule has 0 fully saturated rings. The van der Waals surface area contributed by atoms with Crippen LogP contribution >= 0.6 is 0 Å². The van der Waals surface area contributed by atoms with Crippen LogP contribution in [-0.2, 0) is 0 Å². The summed E-state index contributed by atoms with van der Waals surface area (Å²) < 4.78 is 5.89. The molecule has 2 aromatic rings. The predicted octanol–water partition coefficient (Wildman–Crippen LogP) is 3.38. The molecule has 0 radical (unpaired) electrons. The second kappa shape index (κ2) is 5.35. The second-order valence-electron chi connectivity index (χ2n) is 6.38. The summed E-state index contributed by atoms with van der Waals surface area (Å²) in [5.41, 5.74) is 4.86. The number of hydrogen-bond acceptors (Lipinski definition) is 3. The highest BCUT2D eigenvalue weighted by Gasteiger charge is 2.17. The fourth-order valence-corrected chi connectivity index (χ4v) is 2.50. The zero-order valence-corrected chi connectivity index (χ0v) is 13.6. The summed E-state index contributed by atoms with van der Waals surface area (Å²) in [5, 5.41) is 13.6. The smallest absolute Gasteiger partial charge is 0.258 e. The number of rotatable bonds is 2. The number of aryl methyl sites for hydroxylation is 3. The van der Waals surface area contributed by atoms with Crippen LogP contribution in [0.3, 0.4) is 0 Å². The Morgan fingerprint density at radius 1 is 1.10 bits per heavy atom. The lowest BCUT2D eigenvalue weighted by atomic mass is 9.96. The van der Waals surface area contributed by atoms with E-state index in [9.17, 15) is 5.21 Å². The Morgan fingerprint density at radius 2 is 1.76 bits per heavy atom. The van der Waals surface area contributed by atoms with E-state index in [-0.39, 0.29) is 5.60 Å². The number of benzene rings is 1. The molecule has 0 bridgehead atoms. The summed E-state index contributed by atoms with van der Waals surface area (Å²) in [5.74, 6) is 0.861. The molecule has 1 aromatic heterocycles. The van der Waals surface area contributed by atoms with Crippen molar-refractivity contribution in [1.29, 1.82) is 0 Å². The topological polar surface area (TPSA) is 46.2 Å². The van der Waals surface area contributed by atoms with Crippen molar-refractivity contribution in [3.05, 3.63) is 41.2 Å². The van der Waals surface area contributed by atoms with Crippen LogP contribution in [0, 0.1) is 20.8 Å². The third-order valence-electron chi connectivity index (χ3n) is 3.21. The molecule has 0 aliphatic rings. The van der Waals surface area contributed by atoms with Gasteiger partial charge >= 0.3 is 0 Å². The minimum Gasteiger partial charge on any atom is -0.488 e. The Kier molecular flexibility index (Phi) is 3.90. The van der Waals surface area contributed by atoms with Crippen LogP contribution in [0.5, 0.6) is 5.75 Å². The largest absolute Gasteiger partial charge is 0.488 e. The van der Waals surface area contributed by atoms with Crippen LogP contribution in [0.2, 0.25) is 0 Å². The van der Waals surface area contributed by atoms with Gasteiger partial charge in [-0.15, -0.1) is 0 Å². The molecule has 21 heavy (non-hydrogen) atoms. The van der Waals surface area contributed by atoms with Gasteiger partial charge < -0.3 is 4.74 Å². The molecule has 2 rings (SSSR count). The van der Waals surface area contributed by atoms with E-state index in [4.69, 9.17) is 4.74 Å². The van der Waals surface area contributed by atoms with Crippen molar-refractivity contribution in [3.63, 3.8) is 0 Å². The van der Waals surface area contributed by atoms with Gasteiger partial charge in [0.1, 0.15) is 21.9 Å². The molecule has 4 nitrogen and oxygen atoms in total. The van der Waals surface area contributed by atoms with E-state index in [0.717, 1.165) is 38.5 Å². The molecule has 1 N–H and O–H groups in total. The fraction of sp³-hybridized carbons (Fsp3) is 0.412. The van der Waals surface area contributed by atoms with Crippen molar-refractivity contribution in [2.24, 2.45) is 0 Å². The molecule has 0 aliphatic carbocycles. The van der Waals surface area contributed by atoms with E-state index in [0.29, 0.717) is 0 Å². The van der Waals surface area contributed by atoms with E-state index in [1.807, 2.05) is 46.8 Å². The summed E-state index contributed by atoms with van der Waals surface area (Å²) in [4.78, 5) is 0.862. The molecule has 0 saturated carbocycles. The van der Waals surface area contributed by atoms with E-state index >= 15 is 0 Å². The summed E-state index contributed by atoms with van der Waals surface area (Å²) in [7, 11) is 0. The van der Waals surface area contributed by atoms with E-state index < -0.39 is 0 Å². The normalized spacial score (nSPS) is 11.5. The zero-order chi connectivity index (χ0) is 15.8. The second-order valence-corrected chi connectivity index (χ2v) is 6.38. The molecule has 112 valence electrons. The summed E-state index contributed by atoms with van der Waals surface area (Å²) >= 11 is 0. The van der Waals surface area contributed by atoms with Gasteiger partial charge in [-0.25, -0.2) is 0 Å². The Hall–Kier alpha value is -2.10. The van der Waals surface area contributed by atoms with Crippen molar-refractivity contribution in [2.75, 3.05) is 0 Å². The molecule has 0 unspecified atom stereocenters. The third kappa shape index (κ3) is 3.51. The van der Waals surface area contributed by atoms with Crippen molar-refractivity contribution in [1.82, 2.24) is 5.10 Å². The lowest BCUT2D eigenvalue weighted by Crippen LogP contribution is -2.35. The van der Waals surface area contributed by atoms with Crippen LogP contribution in [0.15, 0.2) is 24.4 Å². The molecule has 1 heterocycles. The van der Waals surface area contributed by atoms with Crippen molar-refractivity contribution in [2.45, 2.75) is 47.1 Å². The average molecular weight is 287 g/mol. The zero-order valence-electron chi connectivity index (χ0n) is 13.6. The van der Waals surface area contributed by atoms with Gasteiger partial charge in [-0.3, -0.25) is 5.21 Å². The SMILES string of the molecule is Cc1cc(OC(C)(C)C)ccc1-c1c(C)c[n+](O)nc1C. The number of aromatic nitrogens is 2. The first-order valence-corrected chi connectivity index (χ1v) is 7.07. The maximum Gasteiger partial charge on any atom is 0.258 e. The van der Waals surface area contributed by atoms with Crippen LogP contribution in [0.25, 0.3) is 11.1 Å². The first-order valence-electron chi connectivity index (χ1n) is 7.07. The number of hydrogen-bond donors (Lipinski definition) is 1. The van der Waals surface area contributed by atoms with Crippen molar-refractivity contribution < 1.29 is 14.8 Å². The molecular weight excluding hydrogens is 264 g/mol. The predicted molar refractivity (Wildman–Crippen MR) is 81.6 cm³/mol. The molecule has 0 saturated heterocycles. The van der Waals surface area contributed by atoms with Gasteiger partial charge in [-0.2, -0.15) is 0 Å². The fourth-order valence-electron chi connectivity index (χ4n) is 2.50. The minimum atomic E-state index is -0.212. The molecular formula is C17H23N2O2+. The monoisotopic (exact) mass is 287 g/mol. The quantitative estimate of drug-likeness (QED) is 0.680.